The van der Waals surface area contributed by atoms with Gasteiger partial charge in [0.25, 0.3) is 20.2 Å². The maximum absolute atomic E-state index is 12.4. The van der Waals surface area contributed by atoms with Crippen LogP contribution in [-0.4, -0.2) is 52.1 Å². The van der Waals surface area contributed by atoms with E-state index in [1.807, 2.05) is 0 Å². The third-order valence-corrected chi connectivity index (χ3v) is 5.59. The molecule has 2 rings (SSSR count). The summed E-state index contributed by atoms with van der Waals surface area (Å²) in [5.41, 5.74) is -1.74. The van der Waals surface area contributed by atoms with Crippen molar-refractivity contribution in [1.29, 1.82) is 0 Å². The van der Waals surface area contributed by atoms with Crippen molar-refractivity contribution >= 4 is 32.2 Å². The molecule has 10 nitrogen and oxygen atoms in total. The summed E-state index contributed by atoms with van der Waals surface area (Å²) >= 11 is 0. The summed E-state index contributed by atoms with van der Waals surface area (Å²) in [5.74, 6) is -2.50. The first-order valence-corrected chi connectivity index (χ1v) is 10.2. The number of carbonyl (C=O) groups is 2. The monoisotopic (exact) mass is 430 g/mol. The second-order valence-corrected chi connectivity index (χ2v) is 8.05. The highest BCUT2D eigenvalue weighted by molar-refractivity contribution is 7.89. The molecule has 0 aromatic heterocycles. The topological polar surface area (TPSA) is 161 Å². The molecule has 0 heterocycles. The zero-order chi connectivity index (χ0) is 21.3. The van der Waals surface area contributed by atoms with Crippen LogP contribution in [-0.2, 0) is 29.7 Å². The van der Waals surface area contributed by atoms with Crippen LogP contribution in [0.4, 0.5) is 0 Å². The molecule has 0 saturated carbocycles. The maximum Gasteiger partial charge on any atom is 0.339 e. The Bertz CT molecular complexity index is 1150. The Kier molecular flexibility index (Phi) is 5.89. The Morgan fingerprint density at radius 3 is 1.82 bits per heavy atom. The summed E-state index contributed by atoms with van der Waals surface area (Å²) in [6.07, 6.45) is 0. The van der Waals surface area contributed by atoms with Gasteiger partial charge in [-0.2, -0.15) is 16.8 Å². The smallest absolute Gasteiger partial charge is 0.339 e. The number of carbonyl (C=O) groups excluding carboxylic acids is 2. The number of esters is 2. The van der Waals surface area contributed by atoms with Crippen LogP contribution in [0.3, 0.4) is 0 Å². The lowest BCUT2D eigenvalue weighted by Crippen LogP contribution is -2.20. The SMILES string of the molecule is COC(=O)c1cc(S(=O)(=O)O)c(S(=O)(=O)O)c(C(=O)OC)c1-c1ccccc1. The van der Waals surface area contributed by atoms with E-state index in [4.69, 9.17) is 0 Å². The third-order valence-electron chi connectivity index (χ3n) is 3.64. The van der Waals surface area contributed by atoms with Gasteiger partial charge in [0.05, 0.1) is 25.3 Å². The van der Waals surface area contributed by atoms with Crippen LogP contribution in [0.25, 0.3) is 11.1 Å². The van der Waals surface area contributed by atoms with E-state index in [0.717, 1.165) is 14.2 Å². The lowest BCUT2D eigenvalue weighted by molar-refractivity contribution is 0.0595. The number of ether oxygens (including phenoxy) is 2. The summed E-state index contributed by atoms with van der Waals surface area (Å²) < 4.78 is 75.5. The van der Waals surface area contributed by atoms with E-state index in [1.165, 1.54) is 24.3 Å². The first-order chi connectivity index (χ1) is 12.9. The average molecular weight is 430 g/mol. The van der Waals surface area contributed by atoms with Gasteiger partial charge in [-0.05, 0) is 11.6 Å². The largest absolute Gasteiger partial charge is 0.465 e. The Labute approximate surface area is 160 Å². The highest BCUT2D eigenvalue weighted by Crippen LogP contribution is 2.37. The first-order valence-electron chi connectivity index (χ1n) is 7.31. The van der Waals surface area contributed by atoms with Gasteiger partial charge in [0, 0.05) is 5.56 Å². The van der Waals surface area contributed by atoms with Gasteiger partial charge in [0.15, 0.2) is 0 Å². The van der Waals surface area contributed by atoms with E-state index in [0.29, 0.717) is 6.07 Å². The van der Waals surface area contributed by atoms with E-state index in [1.54, 1.807) is 6.07 Å². The molecule has 0 radical (unpaired) electrons. The van der Waals surface area contributed by atoms with E-state index >= 15 is 0 Å². The van der Waals surface area contributed by atoms with E-state index in [9.17, 15) is 35.5 Å². The molecule has 0 amide bonds. The molecular formula is C16H14O10S2. The second kappa shape index (κ2) is 7.67. The minimum atomic E-state index is -5.37. The van der Waals surface area contributed by atoms with Crippen molar-refractivity contribution in [3.63, 3.8) is 0 Å². The Morgan fingerprint density at radius 1 is 0.857 bits per heavy atom. The molecule has 0 spiro atoms. The second-order valence-electron chi connectivity index (χ2n) is 5.30. The average Bonchev–Trinajstić information content (AvgIpc) is 2.64. The van der Waals surface area contributed by atoms with Crippen LogP contribution in [0.1, 0.15) is 20.7 Å². The van der Waals surface area contributed by atoms with Crippen molar-refractivity contribution < 1.29 is 45.0 Å². The van der Waals surface area contributed by atoms with E-state index in [-0.39, 0.29) is 11.1 Å². The molecule has 0 unspecified atom stereocenters. The number of rotatable bonds is 5. The predicted octanol–water partition coefficient (Wildman–Crippen LogP) is 1.42. The first kappa shape index (κ1) is 21.5. The molecule has 0 bridgehead atoms. The predicted molar refractivity (Wildman–Crippen MR) is 94.2 cm³/mol. The fraction of sp³-hybridized carbons (Fsp3) is 0.125. The number of hydrogen-bond acceptors (Lipinski definition) is 8. The summed E-state index contributed by atoms with van der Waals surface area (Å²) in [5, 5.41) is 0. The molecule has 0 aliphatic carbocycles. The Morgan fingerprint density at radius 2 is 1.39 bits per heavy atom. The van der Waals surface area contributed by atoms with Crippen molar-refractivity contribution in [1.82, 2.24) is 0 Å². The van der Waals surface area contributed by atoms with Crippen LogP contribution in [0.15, 0.2) is 46.2 Å². The molecule has 2 aromatic carbocycles. The fourth-order valence-electron chi connectivity index (χ4n) is 2.56. The molecule has 0 aliphatic rings. The lowest BCUT2D eigenvalue weighted by Gasteiger charge is -2.18. The van der Waals surface area contributed by atoms with Crippen molar-refractivity contribution in [2.45, 2.75) is 9.79 Å². The highest BCUT2D eigenvalue weighted by atomic mass is 32.2. The van der Waals surface area contributed by atoms with Crippen molar-refractivity contribution in [2.75, 3.05) is 14.2 Å². The standard InChI is InChI=1S/C16H14O10S2/c1-25-15(17)10-8-11(27(19,20)21)14(28(22,23)24)13(16(18)26-2)12(10)9-6-4-3-5-7-9/h3-8H,1-2H3,(H,19,20,21)(H,22,23,24). The highest BCUT2D eigenvalue weighted by Gasteiger charge is 2.36. The Balaban J connectivity index is 3.27. The number of hydrogen-bond donors (Lipinski definition) is 2. The zero-order valence-corrected chi connectivity index (χ0v) is 16.1. The molecule has 0 atom stereocenters. The molecule has 2 aromatic rings. The van der Waals surface area contributed by atoms with E-state index in [2.05, 4.69) is 9.47 Å². The van der Waals surface area contributed by atoms with Gasteiger partial charge in [0.1, 0.15) is 9.79 Å². The number of benzene rings is 2. The molecular weight excluding hydrogens is 416 g/mol. The van der Waals surface area contributed by atoms with Crippen molar-refractivity contribution in [3.05, 3.63) is 47.5 Å². The fourth-order valence-corrected chi connectivity index (χ4v) is 4.55. The zero-order valence-electron chi connectivity index (χ0n) is 14.4. The number of methoxy groups -OCH3 is 2. The van der Waals surface area contributed by atoms with E-state index < -0.39 is 53.1 Å². The van der Waals surface area contributed by atoms with Gasteiger partial charge in [-0.15, -0.1) is 0 Å². The maximum atomic E-state index is 12.4. The van der Waals surface area contributed by atoms with Crippen LogP contribution < -0.4 is 0 Å². The van der Waals surface area contributed by atoms with Crippen LogP contribution in [0.2, 0.25) is 0 Å². The molecule has 0 aliphatic heterocycles. The van der Waals surface area contributed by atoms with Gasteiger partial charge in [-0.25, -0.2) is 9.59 Å². The lowest BCUT2D eigenvalue weighted by atomic mass is 9.94. The van der Waals surface area contributed by atoms with Gasteiger partial charge in [0.2, 0.25) is 0 Å². The minimum absolute atomic E-state index is 0.120. The molecule has 12 heteroatoms. The molecule has 0 saturated heterocycles. The van der Waals surface area contributed by atoms with Crippen LogP contribution in [0, 0.1) is 0 Å². The molecule has 0 fully saturated rings. The summed E-state index contributed by atoms with van der Waals surface area (Å²) in [6, 6.07) is 7.89. The van der Waals surface area contributed by atoms with Gasteiger partial charge >= 0.3 is 11.9 Å². The van der Waals surface area contributed by atoms with Crippen molar-refractivity contribution in [3.8, 4) is 11.1 Å². The van der Waals surface area contributed by atoms with Crippen LogP contribution >= 0.6 is 0 Å². The minimum Gasteiger partial charge on any atom is -0.465 e. The summed E-state index contributed by atoms with van der Waals surface area (Å²) in [4.78, 5) is 21.8. The summed E-state index contributed by atoms with van der Waals surface area (Å²) in [7, 11) is -8.82. The van der Waals surface area contributed by atoms with Crippen LogP contribution in [0.5, 0.6) is 0 Å². The van der Waals surface area contributed by atoms with Gasteiger partial charge in [-0.1, -0.05) is 30.3 Å². The molecule has 150 valence electrons. The van der Waals surface area contributed by atoms with Crippen molar-refractivity contribution in [2.24, 2.45) is 0 Å². The summed E-state index contributed by atoms with van der Waals surface area (Å²) in [6.45, 7) is 0. The molecule has 2 N–H and O–H groups in total. The van der Waals surface area contributed by atoms with Gasteiger partial charge < -0.3 is 9.47 Å². The quantitative estimate of drug-likeness (QED) is 0.524. The molecule has 28 heavy (non-hydrogen) atoms. The Hall–Kier alpha value is -2.80. The third kappa shape index (κ3) is 4.04. The van der Waals surface area contributed by atoms with Gasteiger partial charge in [-0.3, -0.25) is 9.11 Å². The normalized spacial score (nSPS) is 11.7.